The topological polar surface area (TPSA) is 43.4 Å². The number of benzene rings is 1. The zero-order valence-electron chi connectivity index (χ0n) is 9.20. The molecule has 0 aliphatic rings. The first-order chi connectivity index (χ1) is 7.56. The van der Waals surface area contributed by atoms with Gasteiger partial charge in [-0.2, -0.15) is 0 Å². The lowest BCUT2D eigenvalue weighted by molar-refractivity contribution is -0.141. The van der Waals surface area contributed by atoms with Crippen molar-refractivity contribution in [2.75, 3.05) is 6.61 Å². The van der Waals surface area contributed by atoms with Crippen molar-refractivity contribution in [1.82, 2.24) is 0 Å². The zero-order valence-corrected chi connectivity index (χ0v) is 10.8. The van der Waals surface area contributed by atoms with Gasteiger partial charge in [-0.1, -0.05) is 45.8 Å². The molecular weight excluding hydrogens is 272 g/mol. The molecule has 1 atom stereocenters. The minimum atomic E-state index is -0.921. The fourth-order valence-corrected chi connectivity index (χ4v) is 1.58. The van der Waals surface area contributed by atoms with Gasteiger partial charge in [-0.25, -0.2) is 0 Å². The highest BCUT2D eigenvalue weighted by Crippen LogP contribution is 2.13. The van der Waals surface area contributed by atoms with Crippen LogP contribution >= 0.6 is 15.9 Å². The number of aryl methyl sites for hydroxylation is 1. The number of hydrogen-bond donors (Lipinski definition) is 0. The Morgan fingerprint density at radius 1 is 1.31 bits per heavy atom. The second-order valence-electron chi connectivity index (χ2n) is 3.34. The van der Waals surface area contributed by atoms with E-state index >= 15 is 0 Å². The van der Waals surface area contributed by atoms with Crippen molar-refractivity contribution in [3.8, 4) is 0 Å². The third-order valence-corrected chi connectivity index (χ3v) is 2.85. The molecule has 0 saturated heterocycles. The maximum Gasteiger partial charge on any atom is 0.327 e. The summed E-state index contributed by atoms with van der Waals surface area (Å²) in [6.45, 7) is 3.90. The van der Waals surface area contributed by atoms with E-state index in [0.717, 1.165) is 5.56 Å². The largest absolute Gasteiger partial charge is 0.465 e. The predicted octanol–water partition coefficient (Wildman–Crippen LogP) is 2.50. The molecule has 3 nitrogen and oxygen atoms in total. The molecule has 0 fully saturated rings. The number of ether oxygens (including phenoxy) is 1. The van der Waals surface area contributed by atoms with Crippen molar-refractivity contribution in [2.45, 2.75) is 18.7 Å². The lowest BCUT2D eigenvalue weighted by atomic mass is 10.1. The molecule has 16 heavy (non-hydrogen) atoms. The zero-order chi connectivity index (χ0) is 12.1. The molecular formula is C12H13BrO3. The van der Waals surface area contributed by atoms with Crippen molar-refractivity contribution in [1.29, 1.82) is 0 Å². The molecule has 0 heterocycles. The van der Waals surface area contributed by atoms with Gasteiger partial charge in [0.2, 0.25) is 0 Å². The first-order valence-electron chi connectivity index (χ1n) is 4.98. The van der Waals surface area contributed by atoms with E-state index in [-0.39, 0.29) is 12.4 Å². The molecule has 1 rings (SSSR count). The molecule has 0 radical (unpaired) electrons. The van der Waals surface area contributed by atoms with Crippen LogP contribution in [-0.2, 0) is 9.53 Å². The van der Waals surface area contributed by atoms with Gasteiger partial charge < -0.3 is 4.74 Å². The number of alkyl halides is 1. The number of Topliss-reactive ketones (excluding diaryl/α,β-unsaturated/α-hetero) is 1. The number of halogens is 1. The molecule has 0 spiro atoms. The molecule has 0 aliphatic carbocycles. The van der Waals surface area contributed by atoms with Gasteiger partial charge in [0, 0.05) is 5.56 Å². The van der Waals surface area contributed by atoms with Crippen molar-refractivity contribution in [3.63, 3.8) is 0 Å². The molecule has 0 amide bonds. The fraction of sp³-hybridized carbons (Fsp3) is 0.333. The lowest BCUT2D eigenvalue weighted by Gasteiger charge is -2.08. The van der Waals surface area contributed by atoms with E-state index in [9.17, 15) is 9.59 Å². The molecule has 1 unspecified atom stereocenters. The van der Waals surface area contributed by atoms with E-state index in [0.29, 0.717) is 5.56 Å². The maximum absolute atomic E-state index is 11.8. The minimum Gasteiger partial charge on any atom is -0.465 e. The maximum atomic E-state index is 11.8. The molecule has 0 aromatic heterocycles. The van der Waals surface area contributed by atoms with E-state index in [2.05, 4.69) is 15.9 Å². The minimum absolute atomic E-state index is 0.266. The van der Waals surface area contributed by atoms with Crippen LogP contribution in [0, 0.1) is 6.92 Å². The third kappa shape index (κ3) is 3.17. The van der Waals surface area contributed by atoms with Crippen LogP contribution < -0.4 is 0 Å². The highest BCUT2D eigenvalue weighted by molar-refractivity contribution is 9.10. The van der Waals surface area contributed by atoms with Crippen LogP contribution in [0.25, 0.3) is 0 Å². The van der Waals surface area contributed by atoms with Crippen LogP contribution in [0.2, 0.25) is 0 Å². The van der Waals surface area contributed by atoms with E-state index in [4.69, 9.17) is 4.74 Å². The average Bonchev–Trinajstić information content (AvgIpc) is 2.28. The van der Waals surface area contributed by atoms with Gasteiger partial charge in [0.25, 0.3) is 0 Å². The van der Waals surface area contributed by atoms with Gasteiger partial charge in [0.1, 0.15) is 0 Å². The van der Waals surface area contributed by atoms with Crippen LogP contribution in [0.4, 0.5) is 0 Å². The second-order valence-corrected chi connectivity index (χ2v) is 4.26. The van der Waals surface area contributed by atoms with Gasteiger partial charge in [0.05, 0.1) is 6.61 Å². The normalized spacial score (nSPS) is 11.9. The quantitative estimate of drug-likeness (QED) is 0.369. The van der Waals surface area contributed by atoms with Crippen LogP contribution in [0.5, 0.6) is 0 Å². The summed E-state index contributed by atoms with van der Waals surface area (Å²) in [6.07, 6.45) is 0. The number of carbonyl (C=O) groups is 2. The van der Waals surface area contributed by atoms with Crippen LogP contribution in [0.15, 0.2) is 24.3 Å². The second kappa shape index (κ2) is 5.80. The number of hydrogen-bond acceptors (Lipinski definition) is 3. The summed E-state index contributed by atoms with van der Waals surface area (Å²) < 4.78 is 4.76. The Balaban J connectivity index is 2.78. The molecule has 4 heteroatoms. The van der Waals surface area contributed by atoms with Crippen LogP contribution in [-0.4, -0.2) is 23.2 Å². The Morgan fingerprint density at radius 2 is 1.88 bits per heavy atom. The Kier molecular flexibility index (Phi) is 4.68. The lowest BCUT2D eigenvalue weighted by Crippen LogP contribution is -2.26. The molecule has 0 aliphatic heterocycles. The highest BCUT2D eigenvalue weighted by Gasteiger charge is 2.25. The van der Waals surface area contributed by atoms with E-state index in [1.54, 1.807) is 19.1 Å². The molecule has 1 aromatic rings. The fourth-order valence-electron chi connectivity index (χ4n) is 1.19. The van der Waals surface area contributed by atoms with Crippen molar-refractivity contribution in [2.24, 2.45) is 0 Å². The summed E-state index contributed by atoms with van der Waals surface area (Å²) in [5.74, 6) is -0.827. The molecule has 0 saturated carbocycles. The van der Waals surface area contributed by atoms with E-state index in [1.807, 2.05) is 19.1 Å². The monoisotopic (exact) mass is 284 g/mol. The van der Waals surface area contributed by atoms with Gasteiger partial charge >= 0.3 is 5.97 Å². The summed E-state index contributed by atoms with van der Waals surface area (Å²) in [5, 5.41) is 0. The molecule has 1 aromatic carbocycles. The highest BCUT2D eigenvalue weighted by atomic mass is 79.9. The molecule has 86 valence electrons. The summed E-state index contributed by atoms with van der Waals surface area (Å²) in [4.78, 5) is 22.2. The van der Waals surface area contributed by atoms with Gasteiger partial charge in [0.15, 0.2) is 10.6 Å². The first kappa shape index (κ1) is 12.9. The Labute approximate surface area is 103 Å². The third-order valence-electron chi connectivity index (χ3n) is 2.06. The van der Waals surface area contributed by atoms with Crippen molar-refractivity contribution in [3.05, 3.63) is 35.4 Å². The standard InChI is InChI=1S/C12H13BrO3/c1-3-16-12(15)10(13)11(14)9-6-4-8(2)5-7-9/h4-7,10H,3H2,1-2H3. The number of rotatable bonds is 4. The number of carbonyl (C=O) groups excluding carboxylic acids is 2. The Hall–Kier alpha value is -1.16. The van der Waals surface area contributed by atoms with E-state index < -0.39 is 10.8 Å². The van der Waals surface area contributed by atoms with Crippen LogP contribution in [0.1, 0.15) is 22.8 Å². The summed E-state index contributed by atoms with van der Waals surface area (Å²) in [6, 6.07) is 7.06. The number of esters is 1. The van der Waals surface area contributed by atoms with Crippen molar-refractivity contribution >= 4 is 27.7 Å². The smallest absolute Gasteiger partial charge is 0.327 e. The summed E-state index contributed by atoms with van der Waals surface area (Å²) in [7, 11) is 0. The van der Waals surface area contributed by atoms with E-state index in [1.165, 1.54) is 0 Å². The van der Waals surface area contributed by atoms with Crippen molar-refractivity contribution < 1.29 is 14.3 Å². The van der Waals surface area contributed by atoms with Gasteiger partial charge in [-0.3, -0.25) is 9.59 Å². The average molecular weight is 285 g/mol. The van der Waals surface area contributed by atoms with Gasteiger partial charge in [-0.15, -0.1) is 0 Å². The summed E-state index contributed by atoms with van der Waals surface area (Å²) >= 11 is 3.04. The first-order valence-corrected chi connectivity index (χ1v) is 5.89. The van der Waals surface area contributed by atoms with Crippen LogP contribution in [0.3, 0.4) is 0 Å². The summed E-state index contributed by atoms with van der Waals surface area (Å²) in [5.41, 5.74) is 1.57. The SMILES string of the molecule is CCOC(=O)C(Br)C(=O)c1ccc(C)cc1. The molecule has 0 N–H and O–H groups in total. The molecule has 0 bridgehead atoms. The Bertz CT molecular complexity index is 384. The number of ketones is 1. The van der Waals surface area contributed by atoms with Gasteiger partial charge in [-0.05, 0) is 13.8 Å². The Morgan fingerprint density at radius 3 is 2.38 bits per heavy atom. The predicted molar refractivity (Wildman–Crippen MR) is 64.9 cm³/mol.